The summed E-state index contributed by atoms with van der Waals surface area (Å²) in [6.07, 6.45) is 3.36. The second-order valence-corrected chi connectivity index (χ2v) is 6.08. The van der Waals surface area contributed by atoms with Crippen LogP contribution in [0.1, 0.15) is 25.5 Å². The highest BCUT2D eigenvalue weighted by atomic mass is 32.2. The number of methoxy groups -OCH3 is 1. The minimum absolute atomic E-state index is 0.265. The van der Waals surface area contributed by atoms with Crippen LogP contribution in [-0.2, 0) is 0 Å². The van der Waals surface area contributed by atoms with Crippen LogP contribution in [-0.4, -0.2) is 28.9 Å². The van der Waals surface area contributed by atoms with Crippen molar-refractivity contribution in [2.75, 3.05) is 13.7 Å². The molecule has 112 valence electrons. The predicted molar refractivity (Wildman–Crippen MR) is 86.8 cm³/mol. The molecule has 0 fully saturated rings. The Bertz CT molecular complexity index is 533. The van der Waals surface area contributed by atoms with Crippen molar-refractivity contribution in [3.05, 3.63) is 48.4 Å². The fourth-order valence-corrected chi connectivity index (χ4v) is 3.21. The fourth-order valence-electron chi connectivity index (χ4n) is 2.19. The SMILES string of the molecule is CCNC(c1ccc(OC)cc1)C(C)Sc1ccncn1. The average molecular weight is 303 g/mol. The van der Waals surface area contributed by atoms with Gasteiger partial charge in [0, 0.05) is 17.5 Å². The van der Waals surface area contributed by atoms with E-state index in [4.69, 9.17) is 4.74 Å². The van der Waals surface area contributed by atoms with Gasteiger partial charge in [-0.25, -0.2) is 9.97 Å². The Labute approximate surface area is 130 Å². The summed E-state index contributed by atoms with van der Waals surface area (Å²) in [5, 5.41) is 4.90. The first-order valence-corrected chi connectivity index (χ1v) is 7.92. The maximum absolute atomic E-state index is 5.22. The lowest BCUT2D eigenvalue weighted by Crippen LogP contribution is -2.28. The van der Waals surface area contributed by atoms with Crippen molar-refractivity contribution < 1.29 is 4.74 Å². The highest BCUT2D eigenvalue weighted by molar-refractivity contribution is 7.99. The van der Waals surface area contributed by atoms with Gasteiger partial charge < -0.3 is 10.1 Å². The van der Waals surface area contributed by atoms with Crippen LogP contribution in [0.5, 0.6) is 5.75 Å². The first-order valence-electron chi connectivity index (χ1n) is 7.04. The second-order valence-electron chi connectivity index (χ2n) is 4.68. The Morgan fingerprint density at radius 2 is 2.00 bits per heavy atom. The number of nitrogens with one attached hydrogen (secondary N) is 1. The van der Waals surface area contributed by atoms with Crippen molar-refractivity contribution in [2.45, 2.75) is 30.2 Å². The van der Waals surface area contributed by atoms with E-state index in [0.29, 0.717) is 5.25 Å². The van der Waals surface area contributed by atoms with Crippen molar-refractivity contribution in [3.8, 4) is 5.75 Å². The van der Waals surface area contributed by atoms with Gasteiger partial charge in [0.1, 0.15) is 12.1 Å². The zero-order chi connectivity index (χ0) is 15.1. The average Bonchev–Trinajstić information content (AvgIpc) is 2.53. The molecule has 2 aromatic rings. The molecule has 5 heteroatoms. The summed E-state index contributed by atoms with van der Waals surface area (Å²) in [7, 11) is 1.68. The van der Waals surface area contributed by atoms with E-state index in [1.807, 2.05) is 18.2 Å². The van der Waals surface area contributed by atoms with E-state index in [2.05, 4.69) is 41.3 Å². The zero-order valence-electron chi connectivity index (χ0n) is 12.6. The van der Waals surface area contributed by atoms with E-state index in [-0.39, 0.29) is 6.04 Å². The molecule has 21 heavy (non-hydrogen) atoms. The molecular formula is C16H21N3OS. The molecule has 0 spiro atoms. The van der Waals surface area contributed by atoms with Crippen LogP contribution in [0.25, 0.3) is 0 Å². The summed E-state index contributed by atoms with van der Waals surface area (Å²) in [4.78, 5) is 8.24. The molecule has 0 radical (unpaired) electrons. The third-order valence-corrected chi connectivity index (χ3v) is 4.36. The minimum atomic E-state index is 0.265. The van der Waals surface area contributed by atoms with Crippen molar-refractivity contribution >= 4 is 11.8 Å². The summed E-state index contributed by atoms with van der Waals surface area (Å²) >= 11 is 1.75. The molecule has 2 unspecified atom stereocenters. The molecule has 0 saturated heterocycles. The van der Waals surface area contributed by atoms with Crippen LogP contribution in [0.3, 0.4) is 0 Å². The summed E-state index contributed by atoms with van der Waals surface area (Å²) in [6.45, 7) is 5.26. The van der Waals surface area contributed by atoms with Crippen molar-refractivity contribution in [3.63, 3.8) is 0 Å². The lowest BCUT2D eigenvalue weighted by molar-refractivity contribution is 0.414. The molecule has 1 heterocycles. The quantitative estimate of drug-likeness (QED) is 0.628. The van der Waals surface area contributed by atoms with Gasteiger partial charge in [0.25, 0.3) is 0 Å². The first kappa shape index (κ1) is 15.8. The highest BCUT2D eigenvalue weighted by Gasteiger charge is 2.20. The first-order chi connectivity index (χ1) is 10.2. The lowest BCUT2D eigenvalue weighted by Gasteiger charge is -2.24. The second kappa shape index (κ2) is 8.00. The standard InChI is InChI=1S/C16H21N3OS/c1-4-18-16(13-5-7-14(20-3)8-6-13)12(2)21-15-9-10-17-11-19-15/h5-12,16,18H,4H2,1-3H3. The topological polar surface area (TPSA) is 47.0 Å². The van der Waals surface area contributed by atoms with Crippen molar-refractivity contribution in [2.24, 2.45) is 0 Å². The largest absolute Gasteiger partial charge is 0.497 e. The molecule has 2 atom stereocenters. The molecule has 1 aromatic carbocycles. The van der Waals surface area contributed by atoms with E-state index in [1.165, 1.54) is 5.56 Å². The Morgan fingerprint density at radius 1 is 1.24 bits per heavy atom. The molecule has 0 bridgehead atoms. The summed E-state index contributed by atoms with van der Waals surface area (Å²) in [5.74, 6) is 0.880. The number of ether oxygens (including phenoxy) is 1. The Hall–Kier alpha value is -1.59. The van der Waals surface area contributed by atoms with Gasteiger partial charge in [-0.1, -0.05) is 26.0 Å². The van der Waals surface area contributed by atoms with Crippen LogP contribution >= 0.6 is 11.8 Å². The number of aromatic nitrogens is 2. The van der Waals surface area contributed by atoms with Crippen LogP contribution in [0.15, 0.2) is 47.9 Å². The van der Waals surface area contributed by atoms with Gasteiger partial charge in [-0.05, 0) is 30.3 Å². The van der Waals surface area contributed by atoms with E-state index >= 15 is 0 Å². The van der Waals surface area contributed by atoms with Crippen LogP contribution in [0.4, 0.5) is 0 Å². The third kappa shape index (κ3) is 4.44. The van der Waals surface area contributed by atoms with E-state index in [1.54, 1.807) is 31.4 Å². The maximum Gasteiger partial charge on any atom is 0.118 e. The molecule has 1 aromatic heterocycles. The molecule has 0 saturated carbocycles. The van der Waals surface area contributed by atoms with Gasteiger partial charge in [0.15, 0.2) is 0 Å². The fraction of sp³-hybridized carbons (Fsp3) is 0.375. The van der Waals surface area contributed by atoms with Gasteiger partial charge in [-0.15, -0.1) is 11.8 Å². The summed E-state index contributed by atoms with van der Waals surface area (Å²) in [6, 6.07) is 10.4. The van der Waals surface area contributed by atoms with Gasteiger partial charge in [0.05, 0.1) is 12.1 Å². The zero-order valence-corrected chi connectivity index (χ0v) is 13.4. The van der Waals surface area contributed by atoms with Gasteiger partial charge >= 0.3 is 0 Å². The molecule has 2 rings (SSSR count). The summed E-state index contributed by atoms with van der Waals surface area (Å²) < 4.78 is 5.22. The van der Waals surface area contributed by atoms with Crippen LogP contribution in [0.2, 0.25) is 0 Å². The molecule has 0 aliphatic carbocycles. The molecular weight excluding hydrogens is 282 g/mol. The minimum Gasteiger partial charge on any atom is -0.497 e. The third-order valence-electron chi connectivity index (χ3n) is 3.23. The van der Waals surface area contributed by atoms with Crippen molar-refractivity contribution in [1.29, 1.82) is 0 Å². The highest BCUT2D eigenvalue weighted by Crippen LogP contribution is 2.31. The monoisotopic (exact) mass is 303 g/mol. The van der Waals surface area contributed by atoms with E-state index < -0.39 is 0 Å². The normalized spacial score (nSPS) is 13.7. The maximum atomic E-state index is 5.22. The predicted octanol–water partition coefficient (Wildman–Crippen LogP) is 3.32. The Balaban J connectivity index is 2.13. The number of rotatable bonds is 7. The molecule has 4 nitrogen and oxygen atoms in total. The number of thioether (sulfide) groups is 1. The smallest absolute Gasteiger partial charge is 0.118 e. The molecule has 1 N–H and O–H groups in total. The van der Waals surface area contributed by atoms with Gasteiger partial charge in [0.2, 0.25) is 0 Å². The van der Waals surface area contributed by atoms with Gasteiger partial charge in [-0.2, -0.15) is 0 Å². The number of hydrogen-bond acceptors (Lipinski definition) is 5. The lowest BCUT2D eigenvalue weighted by atomic mass is 10.0. The molecule has 0 amide bonds. The summed E-state index contributed by atoms with van der Waals surface area (Å²) in [5.41, 5.74) is 1.26. The number of hydrogen-bond donors (Lipinski definition) is 1. The Morgan fingerprint density at radius 3 is 2.57 bits per heavy atom. The van der Waals surface area contributed by atoms with Gasteiger partial charge in [-0.3, -0.25) is 0 Å². The number of benzene rings is 1. The molecule has 0 aliphatic rings. The van der Waals surface area contributed by atoms with Crippen LogP contribution < -0.4 is 10.1 Å². The Kier molecular flexibility index (Phi) is 6.02. The van der Waals surface area contributed by atoms with Crippen molar-refractivity contribution in [1.82, 2.24) is 15.3 Å². The van der Waals surface area contributed by atoms with E-state index in [0.717, 1.165) is 17.3 Å². The number of nitrogens with zero attached hydrogens (tertiary/aromatic N) is 2. The molecule has 0 aliphatic heterocycles. The van der Waals surface area contributed by atoms with E-state index in [9.17, 15) is 0 Å². The van der Waals surface area contributed by atoms with Crippen LogP contribution in [0, 0.1) is 0 Å².